The van der Waals surface area contributed by atoms with Gasteiger partial charge in [-0.25, -0.2) is 0 Å². The summed E-state index contributed by atoms with van der Waals surface area (Å²) >= 11 is 0. The van der Waals surface area contributed by atoms with Crippen molar-refractivity contribution in [2.24, 2.45) is 11.7 Å². The second kappa shape index (κ2) is 8.58. The van der Waals surface area contributed by atoms with Crippen molar-refractivity contribution in [3.05, 3.63) is 0 Å². The molecule has 0 spiro atoms. The minimum Gasteiger partial charge on any atom is -0.480 e. The van der Waals surface area contributed by atoms with Crippen LogP contribution in [0.25, 0.3) is 0 Å². The standard InChI is InChI=1S/C13H25N3O5/c1-6(2)5-9(11(18)15-7(3)13(20)21)16-12(19)10(14)8(4)17/h6-10,17H,5,14H2,1-4H3,(H,15,18)(H,16,19)(H,20,21)/t7-,8+,9-,10-/m0/s1. The van der Waals surface area contributed by atoms with Crippen LogP contribution in [0.4, 0.5) is 0 Å². The third-order valence-electron chi connectivity index (χ3n) is 2.89. The van der Waals surface area contributed by atoms with Gasteiger partial charge in [-0.1, -0.05) is 13.8 Å². The maximum Gasteiger partial charge on any atom is 0.325 e. The fourth-order valence-electron chi connectivity index (χ4n) is 1.57. The summed E-state index contributed by atoms with van der Waals surface area (Å²) in [7, 11) is 0. The molecule has 6 N–H and O–H groups in total. The first-order chi connectivity index (χ1) is 9.56. The highest BCUT2D eigenvalue weighted by atomic mass is 16.4. The molecule has 21 heavy (non-hydrogen) atoms. The molecule has 0 aromatic rings. The molecule has 0 unspecified atom stereocenters. The number of aliphatic hydroxyl groups excluding tert-OH is 1. The van der Waals surface area contributed by atoms with Crippen molar-refractivity contribution >= 4 is 17.8 Å². The molecule has 0 aromatic heterocycles. The van der Waals surface area contributed by atoms with Crippen molar-refractivity contribution in [2.75, 3.05) is 0 Å². The highest BCUT2D eigenvalue weighted by molar-refractivity contribution is 5.91. The Hall–Kier alpha value is -1.67. The van der Waals surface area contributed by atoms with E-state index in [2.05, 4.69) is 10.6 Å². The molecule has 0 aliphatic carbocycles. The van der Waals surface area contributed by atoms with E-state index in [0.29, 0.717) is 6.42 Å². The van der Waals surface area contributed by atoms with Crippen LogP contribution < -0.4 is 16.4 Å². The fourth-order valence-corrected chi connectivity index (χ4v) is 1.57. The van der Waals surface area contributed by atoms with E-state index in [0.717, 1.165) is 0 Å². The number of carboxylic acids is 1. The number of amides is 2. The quantitative estimate of drug-likeness (QED) is 0.382. The molecule has 4 atom stereocenters. The van der Waals surface area contributed by atoms with E-state index < -0.39 is 42.0 Å². The van der Waals surface area contributed by atoms with E-state index in [4.69, 9.17) is 10.8 Å². The molecule has 0 rings (SSSR count). The number of nitrogens with two attached hydrogens (primary N) is 1. The van der Waals surface area contributed by atoms with E-state index in [1.54, 1.807) is 0 Å². The predicted octanol–water partition coefficient (Wildman–Crippen LogP) is -1.19. The first kappa shape index (κ1) is 19.3. The zero-order valence-corrected chi connectivity index (χ0v) is 12.8. The Morgan fingerprint density at radius 1 is 1.05 bits per heavy atom. The number of nitrogens with one attached hydrogen (secondary N) is 2. The molecule has 0 bridgehead atoms. The van der Waals surface area contributed by atoms with Gasteiger partial charge >= 0.3 is 5.97 Å². The van der Waals surface area contributed by atoms with Gasteiger partial charge in [0.05, 0.1) is 6.10 Å². The third-order valence-corrected chi connectivity index (χ3v) is 2.89. The van der Waals surface area contributed by atoms with Crippen LogP contribution in [0.2, 0.25) is 0 Å². The molecule has 0 radical (unpaired) electrons. The van der Waals surface area contributed by atoms with Gasteiger partial charge in [0, 0.05) is 0 Å². The third kappa shape index (κ3) is 7.05. The van der Waals surface area contributed by atoms with Crippen LogP contribution in [0.1, 0.15) is 34.1 Å². The average molecular weight is 303 g/mol. The van der Waals surface area contributed by atoms with E-state index >= 15 is 0 Å². The molecular weight excluding hydrogens is 278 g/mol. The Balaban J connectivity index is 4.83. The molecule has 0 aliphatic heterocycles. The Kier molecular flexibility index (Phi) is 7.90. The van der Waals surface area contributed by atoms with Crippen molar-refractivity contribution in [1.29, 1.82) is 0 Å². The van der Waals surface area contributed by atoms with Gasteiger partial charge in [0.15, 0.2) is 0 Å². The van der Waals surface area contributed by atoms with E-state index in [1.807, 2.05) is 13.8 Å². The number of hydrogen-bond donors (Lipinski definition) is 5. The first-order valence-corrected chi connectivity index (χ1v) is 6.83. The largest absolute Gasteiger partial charge is 0.480 e. The molecule has 0 aromatic carbocycles. The summed E-state index contributed by atoms with van der Waals surface area (Å²) in [6, 6.07) is -3.11. The lowest BCUT2D eigenvalue weighted by Crippen LogP contribution is -2.56. The minimum atomic E-state index is -1.17. The molecule has 122 valence electrons. The maximum atomic E-state index is 12.0. The van der Waals surface area contributed by atoms with Crippen molar-refractivity contribution in [3.63, 3.8) is 0 Å². The average Bonchev–Trinajstić information content (AvgIpc) is 2.35. The monoisotopic (exact) mass is 303 g/mol. The lowest BCUT2D eigenvalue weighted by molar-refractivity contribution is -0.141. The van der Waals surface area contributed by atoms with E-state index in [1.165, 1.54) is 13.8 Å². The molecule has 0 heterocycles. The lowest BCUT2D eigenvalue weighted by atomic mass is 10.0. The van der Waals surface area contributed by atoms with Crippen molar-refractivity contribution in [2.45, 2.75) is 58.3 Å². The van der Waals surface area contributed by atoms with Crippen molar-refractivity contribution in [1.82, 2.24) is 10.6 Å². The van der Waals surface area contributed by atoms with Gasteiger partial charge < -0.3 is 26.6 Å². The number of carboxylic acid groups (broad SMARTS) is 1. The number of carbonyl (C=O) groups is 3. The second-order valence-electron chi connectivity index (χ2n) is 5.53. The summed E-state index contributed by atoms with van der Waals surface area (Å²) in [4.78, 5) is 34.6. The van der Waals surface area contributed by atoms with Gasteiger partial charge in [-0.2, -0.15) is 0 Å². The topological polar surface area (TPSA) is 142 Å². The number of aliphatic carboxylic acids is 1. The fraction of sp³-hybridized carbons (Fsp3) is 0.769. The molecular formula is C13H25N3O5. The molecule has 0 saturated heterocycles. The molecule has 2 amide bonds. The van der Waals surface area contributed by atoms with Gasteiger partial charge in [0.1, 0.15) is 18.1 Å². The van der Waals surface area contributed by atoms with Gasteiger partial charge in [-0.3, -0.25) is 14.4 Å². The Bertz CT molecular complexity index is 384. The number of hydrogen-bond acceptors (Lipinski definition) is 5. The van der Waals surface area contributed by atoms with Crippen LogP contribution in [0.3, 0.4) is 0 Å². The van der Waals surface area contributed by atoms with Crippen molar-refractivity contribution in [3.8, 4) is 0 Å². The highest BCUT2D eigenvalue weighted by Crippen LogP contribution is 2.06. The van der Waals surface area contributed by atoms with Crippen LogP contribution in [0, 0.1) is 5.92 Å². The molecule has 0 aliphatic rings. The lowest BCUT2D eigenvalue weighted by Gasteiger charge is -2.23. The first-order valence-electron chi connectivity index (χ1n) is 6.83. The molecule has 0 fully saturated rings. The van der Waals surface area contributed by atoms with Gasteiger partial charge in [0.2, 0.25) is 11.8 Å². The van der Waals surface area contributed by atoms with Crippen LogP contribution in [-0.4, -0.2) is 52.2 Å². The van der Waals surface area contributed by atoms with Crippen LogP contribution in [-0.2, 0) is 14.4 Å². The zero-order valence-electron chi connectivity index (χ0n) is 12.8. The zero-order chi connectivity index (χ0) is 16.7. The molecule has 0 saturated carbocycles. The van der Waals surface area contributed by atoms with Crippen molar-refractivity contribution < 1.29 is 24.6 Å². The smallest absolute Gasteiger partial charge is 0.325 e. The Morgan fingerprint density at radius 3 is 1.95 bits per heavy atom. The van der Waals surface area contributed by atoms with Crippen LogP contribution in [0.5, 0.6) is 0 Å². The number of rotatable bonds is 8. The van der Waals surface area contributed by atoms with Crippen LogP contribution in [0.15, 0.2) is 0 Å². The minimum absolute atomic E-state index is 0.101. The summed E-state index contributed by atoms with van der Waals surface area (Å²) in [6.07, 6.45) is -0.720. The highest BCUT2D eigenvalue weighted by Gasteiger charge is 2.28. The summed E-state index contributed by atoms with van der Waals surface area (Å²) in [5.41, 5.74) is 5.50. The molecule has 8 nitrogen and oxygen atoms in total. The second-order valence-corrected chi connectivity index (χ2v) is 5.53. The summed E-state index contributed by atoms with van der Waals surface area (Å²) in [5.74, 6) is -2.32. The normalized spacial score (nSPS) is 16.7. The summed E-state index contributed by atoms with van der Waals surface area (Å²) in [5, 5.41) is 22.8. The predicted molar refractivity (Wildman–Crippen MR) is 76.3 cm³/mol. The number of carbonyl (C=O) groups excluding carboxylic acids is 2. The maximum absolute atomic E-state index is 12.0. The van der Waals surface area contributed by atoms with Gasteiger partial charge in [-0.05, 0) is 26.2 Å². The Morgan fingerprint density at radius 2 is 1.57 bits per heavy atom. The van der Waals surface area contributed by atoms with E-state index in [-0.39, 0.29) is 5.92 Å². The summed E-state index contributed by atoms with van der Waals surface area (Å²) in [6.45, 7) is 6.42. The van der Waals surface area contributed by atoms with Gasteiger partial charge in [0.25, 0.3) is 0 Å². The summed E-state index contributed by atoms with van der Waals surface area (Å²) < 4.78 is 0. The number of aliphatic hydroxyl groups is 1. The van der Waals surface area contributed by atoms with E-state index in [9.17, 15) is 19.5 Å². The van der Waals surface area contributed by atoms with Gasteiger partial charge in [-0.15, -0.1) is 0 Å². The Labute approximate surface area is 124 Å². The SMILES string of the molecule is CC(C)C[C@H](NC(=O)[C@@H](N)[C@@H](C)O)C(=O)N[C@@H](C)C(=O)O. The van der Waals surface area contributed by atoms with Crippen LogP contribution >= 0.6 is 0 Å². The molecule has 8 heteroatoms.